The molecule has 0 atom stereocenters. The fourth-order valence-electron chi connectivity index (χ4n) is 2.90. The smallest absolute Gasteiger partial charge is 0.327 e. The molecular formula is C21H17N3O4S2. The third-order valence-corrected chi connectivity index (χ3v) is 6.65. The standard InChI is InChI=1S/C21H17N3O4S2/c25-20(24-21-22-9-10-28-21)23-19-12-17(6-7-18(19)16-8-11-29-13-16)30(26,27)14-15-4-2-1-3-5-15/h1-13H,14H2,(H2,22,23,24,25). The minimum atomic E-state index is -3.61. The first-order chi connectivity index (χ1) is 14.5. The first-order valence-electron chi connectivity index (χ1n) is 8.92. The molecule has 0 aliphatic rings. The van der Waals surface area contributed by atoms with Crippen LogP contribution in [0, 0.1) is 0 Å². The minimum Gasteiger partial charge on any atom is -0.432 e. The Labute approximate surface area is 177 Å². The molecule has 0 spiro atoms. The lowest BCUT2D eigenvalue weighted by Gasteiger charge is -2.13. The fourth-order valence-corrected chi connectivity index (χ4v) is 4.93. The number of aromatic nitrogens is 1. The first-order valence-corrected chi connectivity index (χ1v) is 11.5. The van der Waals surface area contributed by atoms with Crippen molar-refractivity contribution in [3.05, 3.63) is 83.4 Å². The Morgan fingerprint density at radius 3 is 2.60 bits per heavy atom. The summed E-state index contributed by atoms with van der Waals surface area (Å²) < 4.78 is 30.9. The van der Waals surface area contributed by atoms with Crippen molar-refractivity contribution in [3.63, 3.8) is 0 Å². The van der Waals surface area contributed by atoms with Gasteiger partial charge in [-0.3, -0.25) is 5.32 Å². The van der Waals surface area contributed by atoms with Crippen molar-refractivity contribution in [2.75, 3.05) is 10.6 Å². The highest BCUT2D eigenvalue weighted by Crippen LogP contribution is 2.32. The predicted molar refractivity (Wildman–Crippen MR) is 116 cm³/mol. The van der Waals surface area contributed by atoms with E-state index in [1.165, 1.54) is 29.9 Å². The van der Waals surface area contributed by atoms with E-state index < -0.39 is 15.9 Å². The van der Waals surface area contributed by atoms with Gasteiger partial charge in [0.25, 0.3) is 0 Å². The third kappa shape index (κ3) is 4.58. The quantitative estimate of drug-likeness (QED) is 0.439. The zero-order valence-electron chi connectivity index (χ0n) is 15.6. The molecule has 0 aliphatic heterocycles. The number of benzene rings is 2. The summed E-state index contributed by atoms with van der Waals surface area (Å²) in [4.78, 5) is 16.3. The van der Waals surface area contributed by atoms with Gasteiger partial charge in [0.2, 0.25) is 0 Å². The van der Waals surface area contributed by atoms with E-state index >= 15 is 0 Å². The topological polar surface area (TPSA) is 101 Å². The number of nitrogens with zero attached hydrogens (tertiary/aromatic N) is 1. The number of hydrogen-bond donors (Lipinski definition) is 2. The van der Waals surface area contributed by atoms with Crippen LogP contribution in [0.1, 0.15) is 5.56 Å². The average molecular weight is 440 g/mol. The summed E-state index contributed by atoms with van der Waals surface area (Å²) in [5.74, 6) is -0.131. The molecule has 4 aromatic rings. The van der Waals surface area contributed by atoms with Gasteiger partial charge >= 0.3 is 12.0 Å². The summed E-state index contributed by atoms with van der Waals surface area (Å²) in [5.41, 5.74) is 2.64. The van der Waals surface area contributed by atoms with Gasteiger partial charge in [0, 0.05) is 5.56 Å². The SMILES string of the molecule is O=C(Nc1ncco1)Nc1cc(S(=O)(=O)Cc2ccccc2)ccc1-c1ccsc1. The third-order valence-electron chi connectivity index (χ3n) is 4.28. The van der Waals surface area contributed by atoms with E-state index in [4.69, 9.17) is 4.42 Å². The fraction of sp³-hybridized carbons (Fsp3) is 0.0476. The molecule has 0 saturated heterocycles. The van der Waals surface area contributed by atoms with Crippen LogP contribution in [0.15, 0.2) is 87.1 Å². The number of oxazole rings is 1. The van der Waals surface area contributed by atoms with Crippen LogP contribution in [0.2, 0.25) is 0 Å². The summed E-state index contributed by atoms with van der Waals surface area (Å²) >= 11 is 1.51. The van der Waals surface area contributed by atoms with Crippen LogP contribution in [0.25, 0.3) is 11.1 Å². The number of carbonyl (C=O) groups is 1. The molecule has 0 unspecified atom stereocenters. The maximum atomic E-state index is 12.9. The lowest BCUT2D eigenvalue weighted by atomic mass is 10.1. The molecule has 2 aromatic heterocycles. The molecule has 30 heavy (non-hydrogen) atoms. The largest absolute Gasteiger partial charge is 0.432 e. The Hall–Kier alpha value is -3.43. The van der Waals surface area contributed by atoms with Gasteiger partial charge < -0.3 is 9.73 Å². The molecule has 9 heteroatoms. The summed E-state index contributed by atoms with van der Waals surface area (Å²) in [5, 5.41) is 9.00. The van der Waals surface area contributed by atoms with Gasteiger partial charge in [-0.1, -0.05) is 36.4 Å². The van der Waals surface area contributed by atoms with Crippen LogP contribution >= 0.6 is 11.3 Å². The van der Waals surface area contributed by atoms with Crippen molar-refractivity contribution >= 4 is 38.9 Å². The van der Waals surface area contributed by atoms with Crippen molar-refractivity contribution < 1.29 is 17.6 Å². The highest BCUT2D eigenvalue weighted by Gasteiger charge is 2.19. The molecule has 2 amide bonds. The molecule has 0 bridgehead atoms. The number of nitrogens with one attached hydrogen (secondary N) is 2. The van der Waals surface area contributed by atoms with Crippen molar-refractivity contribution in [1.82, 2.24) is 4.98 Å². The summed E-state index contributed by atoms with van der Waals surface area (Å²) in [7, 11) is -3.61. The van der Waals surface area contributed by atoms with Crippen LogP contribution in [-0.4, -0.2) is 19.4 Å². The maximum Gasteiger partial charge on any atom is 0.327 e. The van der Waals surface area contributed by atoms with Gasteiger partial charge in [0.1, 0.15) is 6.26 Å². The van der Waals surface area contributed by atoms with Gasteiger partial charge in [-0.15, -0.1) is 0 Å². The number of thiophene rings is 1. The lowest BCUT2D eigenvalue weighted by Crippen LogP contribution is -2.20. The van der Waals surface area contributed by atoms with Gasteiger partial charge in [0.05, 0.1) is 22.5 Å². The lowest BCUT2D eigenvalue weighted by molar-refractivity contribution is 0.261. The van der Waals surface area contributed by atoms with Crippen LogP contribution in [0.3, 0.4) is 0 Å². The minimum absolute atomic E-state index is 0.0393. The monoisotopic (exact) mass is 439 g/mol. The van der Waals surface area contributed by atoms with E-state index in [9.17, 15) is 13.2 Å². The van der Waals surface area contributed by atoms with Crippen molar-refractivity contribution in [1.29, 1.82) is 0 Å². The highest BCUT2D eigenvalue weighted by atomic mass is 32.2. The molecule has 2 aromatic carbocycles. The second-order valence-electron chi connectivity index (χ2n) is 6.38. The number of carbonyl (C=O) groups excluding carboxylic acids is 1. The number of sulfone groups is 1. The molecule has 0 radical (unpaired) electrons. The van der Waals surface area contributed by atoms with Gasteiger partial charge in [-0.05, 0) is 40.1 Å². The first kappa shape index (κ1) is 19.9. The highest BCUT2D eigenvalue weighted by molar-refractivity contribution is 7.90. The normalized spacial score (nSPS) is 11.2. The van der Waals surface area contributed by atoms with Crippen molar-refractivity contribution in [2.24, 2.45) is 0 Å². The van der Waals surface area contributed by atoms with E-state index in [1.54, 1.807) is 36.4 Å². The predicted octanol–water partition coefficient (Wildman–Crippen LogP) is 5.02. The Morgan fingerprint density at radius 2 is 1.90 bits per heavy atom. The van der Waals surface area contributed by atoms with Crippen molar-refractivity contribution in [2.45, 2.75) is 10.6 Å². The van der Waals surface area contributed by atoms with Crippen molar-refractivity contribution in [3.8, 4) is 11.1 Å². The maximum absolute atomic E-state index is 12.9. The summed E-state index contributed by atoms with van der Waals surface area (Å²) in [6.07, 6.45) is 2.74. The molecule has 2 heterocycles. The number of hydrogen-bond acceptors (Lipinski definition) is 6. The molecular weight excluding hydrogens is 422 g/mol. The molecule has 0 saturated carbocycles. The number of anilines is 2. The molecule has 2 N–H and O–H groups in total. The second-order valence-corrected chi connectivity index (χ2v) is 9.15. The van der Waals surface area contributed by atoms with Crippen LogP contribution < -0.4 is 10.6 Å². The number of amides is 2. The van der Waals surface area contributed by atoms with Gasteiger partial charge in [-0.25, -0.2) is 18.2 Å². The second kappa shape index (κ2) is 8.52. The summed E-state index contributed by atoms with van der Waals surface area (Å²) in [6, 6.07) is 15.0. The molecule has 0 aliphatic carbocycles. The molecule has 7 nitrogen and oxygen atoms in total. The number of rotatable bonds is 6. The summed E-state index contributed by atoms with van der Waals surface area (Å²) in [6.45, 7) is 0. The molecule has 0 fully saturated rings. The Bertz CT molecular complexity index is 1240. The van der Waals surface area contributed by atoms with E-state index in [-0.39, 0.29) is 16.7 Å². The average Bonchev–Trinajstić information content (AvgIpc) is 3.42. The number of urea groups is 1. The molecule has 4 rings (SSSR count). The van der Waals surface area contributed by atoms with E-state index in [1.807, 2.05) is 22.9 Å². The zero-order valence-corrected chi connectivity index (χ0v) is 17.2. The van der Waals surface area contributed by atoms with Gasteiger partial charge in [-0.2, -0.15) is 11.3 Å². The van der Waals surface area contributed by atoms with E-state index in [0.717, 1.165) is 5.56 Å². The Balaban J connectivity index is 1.66. The Morgan fingerprint density at radius 1 is 1.07 bits per heavy atom. The Kier molecular flexibility index (Phi) is 5.64. The van der Waals surface area contributed by atoms with Crippen LogP contribution in [0.5, 0.6) is 0 Å². The van der Waals surface area contributed by atoms with E-state index in [2.05, 4.69) is 15.6 Å². The van der Waals surface area contributed by atoms with Crippen LogP contribution in [-0.2, 0) is 15.6 Å². The van der Waals surface area contributed by atoms with E-state index in [0.29, 0.717) is 16.8 Å². The zero-order chi connectivity index (χ0) is 21.0. The van der Waals surface area contributed by atoms with Crippen LogP contribution in [0.4, 0.5) is 16.5 Å². The molecule has 152 valence electrons. The van der Waals surface area contributed by atoms with Gasteiger partial charge in [0.15, 0.2) is 9.84 Å².